The minimum Gasteiger partial charge on any atom is -0.486 e. The molecule has 136 valence electrons. The number of fused-ring (bicyclic) bond motifs is 1. The molecule has 1 aromatic heterocycles. The minimum absolute atomic E-state index is 0.0909. The topological polar surface area (TPSA) is 59.7 Å². The summed E-state index contributed by atoms with van der Waals surface area (Å²) in [5, 5.41) is 10.4. The Kier molecular flexibility index (Phi) is 5.18. The van der Waals surface area contributed by atoms with Gasteiger partial charge in [0.1, 0.15) is 18.0 Å². The Morgan fingerprint density at radius 3 is 2.77 bits per heavy atom. The average molecular weight is 377 g/mol. The highest BCUT2D eigenvalue weighted by Gasteiger charge is 2.14. The van der Waals surface area contributed by atoms with E-state index < -0.39 is 17.7 Å². The highest BCUT2D eigenvalue weighted by atomic mass is 35.5. The van der Waals surface area contributed by atoms with Gasteiger partial charge in [0.25, 0.3) is 0 Å². The summed E-state index contributed by atoms with van der Waals surface area (Å²) in [6.45, 7) is 3.53. The number of furan rings is 1. The van der Waals surface area contributed by atoms with Gasteiger partial charge in [0.15, 0.2) is 11.6 Å². The summed E-state index contributed by atoms with van der Waals surface area (Å²) in [7, 11) is 0. The smallest absolute Gasteiger partial charge is 0.306 e. The molecule has 0 aliphatic heterocycles. The summed E-state index contributed by atoms with van der Waals surface area (Å²) in [5.41, 5.74) is 2.00. The number of hydrogen-bond acceptors (Lipinski definition) is 3. The lowest BCUT2D eigenvalue weighted by Gasteiger charge is -2.11. The van der Waals surface area contributed by atoms with E-state index in [1.165, 1.54) is 12.1 Å². The zero-order valence-corrected chi connectivity index (χ0v) is 15.1. The summed E-state index contributed by atoms with van der Waals surface area (Å²) < 4.78 is 25.5. The van der Waals surface area contributed by atoms with E-state index in [9.17, 15) is 9.18 Å². The van der Waals surface area contributed by atoms with Crippen molar-refractivity contribution >= 4 is 28.5 Å². The summed E-state index contributed by atoms with van der Waals surface area (Å²) in [6, 6.07) is 9.89. The molecule has 0 aliphatic rings. The van der Waals surface area contributed by atoms with Crippen LogP contribution in [0.3, 0.4) is 0 Å². The molecule has 0 spiro atoms. The second-order valence-electron chi connectivity index (χ2n) is 6.34. The summed E-state index contributed by atoms with van der Waals surface area (Å²) in [4.78, 5) is 10.9. The monoisotopic (exact) mass is 376 g/mol. The van der Waals surface area contributed by atoms with Crippen molar-refractivity contribution in [2.45, 2.75) is 26.9 Å². The van der Waals surface area contributed by atoms with E-state index in [2.05, 4.69) is 0 Å². The van der Waals surface area contributed by atoms with Crippen molar-refractivity contribution in [2.75, 3.05) is 0 Å². The maximum Gasteiger partial charge on any atom is 0.306 e. The molecule has 0 saturated heterocycles. The maximum absolute atomic E-state index is 14.3. The van der Waals surface area contributed by atoms with Gasteiger partial charge in [-0.3, -0.25) is 4.79 Å². The highest BCUT2D eigenvalue weighted by molar-refractivity contribution is 6.31. The molecule has 6 heteroatoms. The Morgan fingerprint density at radius 1 is 1.31 bits per heavy atom. The average Bonchev–Trinajstić information content (AvgIpc) is 2.93. The first kappa shape index (κ1) is 18.3. The molecule has 1 N–H and O–H groups in total. The molecule has 26 heavy (non-hydrogen) atoms. The van der Waals surface area contributed by atoms with E-state index in [0.717, 1.165) is 16.7 Å². The first-order chi connectivity index (χ1) is 12.3. The third kappa shape index (κ3) is 3.99. The van der Waals surface area contributed by atoms with Gasteiger partial charge in [-0.2, -0.15) is 0 Å². The SMILES string of the molecule is Cc1cc2cc(Cl)cc(COc3ccc(CC(C)C(=O)O)cc3F)c2o1. The van der Waals surface area contributed by atoms with Crippen LogP contribution in [-0.4, -0.2) is 11.1 Å². The lowest BCUT2D eigenvalue weighted by atomic mass is 10.0. The van der Waals surface area contributed by atoms with E-state index in [1.807, 2.05) is 13.0 Å². The number of carboxylic acid groups (broad SMARTS) is 1. The van der Waals surface area contributed by atoms with Gasteiger partial charge in [0.05, 0.1) is 5.92 Å². The first-order valence-corrected chi connectivity index (χ1v) is 8.54. The molecule has 3 aromatic rings. The fourth-order valence-corrected chi connectivity index (χ4v) is 3.06. The van der Waals surface area contributed by atoms with Crippen molar-refractivity contribution < 1.29 is 23.4 Å². The zero-order chi connectivity index (χ0) is 18.8. The van der Waals surface area contributed by atoms with E-state index in [0.29, 0.717) is 16.2 Å². The minimum atomic E-state index is -0.913. The van der Waals surface area contributed by atoms with Crippen LogP contribution in [0.2, 0.25) is 5.02 Å². The second kappa shape index (κ2) is 7.38. The van der Waals surface area contributed by atoms with Gasteiger partial charge < -0.3 is 14.3 Å². The normalized spacial score (nSPS) is 12.3. The molecule has 3 rings (SSSR count). The number of halogens is 2. The van der Waals surface area contributed by atoms with Gasteiger partial charge in [0.2, 0.25) is 0 Å². The standard InChI is InChI=1S/C20H18ClFO4/c1-11(20(23)24)5-13-3-4-18(17(22)7-13)25-10-15-9-16(21)8-14-6-12(2)26-19(14)15/h3-4,6-9,11H,5,10H2,1-2H3,(H,23,24). The van der Waals surface area contributed by atoms with E-state index in [1.54, 1.807) is 25.1 Å². The number of aryl methyl sites for hydroxylation is 1. The first-order valence-electron chi connectivity index (χ1n) is 8.16. The van der Waals surface area contributed by atoms with Gasteiger partial charge in [0, 0.05) is 16.0 Å². The summed E-state index contributed by atoms with van der Waals surface area (Å²) >= 11 is 6.12. The maximum atomic E-state index is 14.3. The van der Waals surface area contributed by atoms with E-state index in [4.69, 9.17) is 25.9 Å². The lowest BCUT2D eigenvalue weighted by molar-refractivity contribution is -0.141. The Labute approximate surface area is 155 Å². The number of ether oxygens (including phenoxy) is 1. The Bertz CT molecular complexity index is 964. The molecule has 1 heterocycles. The second-order valence-corrected chi connectivity index (χ2v) is 6.77. The molecule has 0 aliphatic carbocycles. The lowest BCUT2D eigenvalue weighted by Crippen LogP contribution is -2.12. The van der Waals surface area contributed by atoms with Crippen molar-refractivity contribution in [3.63, 3.8) is 0 Å². The number of benzene rings is 2. The molecule has 0 amide bonds. The van der Waals surface area contributed by atoms with Gasteiger partial charge in [-0.1, -0.05) is 24.6 Å². The van der Waals surface area contributed by atoms with Crippen LogP contribution in [0.4, 0.5) is 4.39 Å². The van der Waals surface area contributed by atoms with E-state index >= 15 is 0 Å². The van der Waals surface area contributed by atoms with Crippen molar-refractivity contribution in [1.29, 1.82) is 0 Å². The van der Waals surface area contributed by atoms with Gasteiger partial charge in [-0.15, -0.1) is 0 Å². The van der Waals surface area contributed by atoms with Crippen LogP contribution < -0.4 is 4.74 Å². The Morgan fingerprint density at radius 2 is 2.08 bits per heavy atom. The molecule has 2 aromatic carbocycles. The summed E-state index contributed by atoms with van der Waals surface area (Å²) in [6.07, 6.45) is 0.257. The fraction of sp³-hybridized carbons (Fsp3) is 0.250. The Hall–Kier alpha value is -2.53. The molecule has 0 fully saturated rings. The third-order valence-corrected chi connectivity index (χ3v) is 4.34. The third-order valence-electron chi connectivity index (χ3n) is 4.12. The highest BCUT2D eigenvalue weighted by Crippen LogP contribution is 2.29. The number of rotatable bonds is 6. The molecule has 4 nitrogen and oxygen atoms in total. The zero-order valence-electron chi connectivity index (χ0n) is 14.4. The van der Waals surface area contributed by atoms with Gasteiger partial charge >= 0.3 is 5.97 Å². The molecular weight excluding hydrogens is 359 g/mol. The van der Waals surface area contributed by atoms with E-state index in [-0.39, 0.29) is 18.8 Å². The molecule has 0 radical (unpaired) electrons. The van der Waals surface area contributed by atoms with Crippen molar-refractivity contribution in [3.05, 3.63) is 64.1 Å². The number of aliphatic carboxylic acids is 1. The van der Waals surface area contributed by atoms with Crippen LogP contribution in [0.5, 0.6) is 5.75 Å². The van der Waals surface area contributed by atoms with Crippen LogP contribution >= 0.6 is 11.6 Å². The van der Waals surface area contributed by atoms with Crippen LogP contribution in [-0.2, 0) is 17.8 Å². The largest absolute Gasteiger partial charge is 0.486 e. The molecular formula is C20H18ClFO4. The summed E-state index contributed by atoms with van der Waals surface area (Å²) in [5.74, 6) is -1.18. The fourth-order valence-electron chi connectivity index (χ4n) is 2.81. The molecule has 0 bridgehead atoms. The van der Waals surface area contributed by atoms with Crippen molar-refractivity contribution in [2.24, 2.45) is 5.92 Å². The van der Waals surface area contributed by atoms with Crippen molar-refractivity contribution in [1.82, 2.24) is 0 Å². The molecule has 1 unspecified atom stereocenters. The van der Waals surface area contributed by atoms with Gasteiger partial charge in [-0.25, -0.2) is 4.39 Å². The quantitative estimate of drug-likeness (QED) is 0.627. The number of hydrogen-bond donors (Lipinski definition) is 1. The molecule has 1 atom stereocenters. The predicted octanol–water partition coefficient (Wildman–Crippen LogP) is 5.38. The van der Waals surface area contributed by atoms with Crippen LogP contribution in [0.25, 0.3) is 11.0 Å². The van der Waals surface area contributed by atoms with Crippen LogP contribution in [0.15, 0.2) is 40.8 Å². The van der Waals surface area contributed by atoms with Crippen LogP contribution in [0, 0.1) is 18.7 Å². The van der Waals surface area contributed by atoms with Gasteiger partial charge in [-0.05, 0) is 49.2 Å². The van der Waals surface area contributed by atoms with Crippen molar-refractivity contribution in [3.8, 4) is 5.75 Å². The Balaban J connectivity index is 1.77. The number of carboxylic acids is 1. The predicted molar refractivity (Wildman–Crippen MR) is 97.2 cm³/mol. The van der Waals surface area contributed by atoms with Crippen LogP contribution in [0.1, 0.15) is 23.8 Å². The molecule has 0 saturated carbocycles. The number of carbonyl (C=O) groups is 1.